The van der Waals surface area contributed by atoms with Gasteiger partial charge in [0.05, 0.1) is 7.11 Å². The minimum atomic E-state index is -3.91. The van der Waals surface area contributed by atoms with Gasteiger partial charge in [0.1, 0.15) is 10.6 Å². The second kappa shape index (κ2) is 7.67. The molecule has 26 heavy (non-hydrogen) atoms. The highest BCUT2D eigenvalue weighted by atomic mass is 79.9. The molecule has 3 rings (SSSR count). The maximum atomic E-state index is 12.8. The van der Waals surface area contributed by atoms with Gasteiger partial charge in [-0.1, -0.05) is 15.9 Å². The molecule has 0 spiro atoms. The Kier molecular flexibility index (Phi) is 5.52. The topological polar surface area (TPSA) is 75.7 Å². The van der Waals surface area contributed by atoms with Crippen molar-refractivity contribution in [3.63, 3.8) is 0 Å². The molecule has 8 heteroatoms. The van der Waals surface area contributed by atoms with Gasteiger partial charge in [0, 0.05) is 28.8 Å². The maximum absolute atomic E-state index is 12.8. The number of rotatable bonds is 5. The summed E-state index contributed by atoms with van der Waals surface area (Å²) in [5.41, 5.74) is 0.760. The molecule has 1 aliphatic rings. The van der Waals surface area contributed by atoms with Crippen LogP contribution in [-0.4, -0.2) is 39.4 Å². The molecule has 1 amide bonds. The van der Waals surface area contributed by atoms with E-state index >= 15 is 0 Å². The van der Waals surface area contributed by atoms with Gasteiger partial charge in [-0.05, 0) is 55.3 Å². The first-order valence-electron chi connectivity index (χ1n) is 8.16. The lowest BCUT2D eigenvalue weighted by Gasteiger charge is -2.17. The van der Waals surface area contributed by atoms with Gasteiger partial charge in [0.15, 0.2) is 0 Å². The van der Waals surface area contributed by atoms with Gasteiger partial charge in [0.2, 0.25) is 0 Å². The normalized spacial score (nSPS) is 14.3. The molecule has 2 aromatic rings. The first kappa shape index (κ1) is 18.7. The third kappa shape index (κ3) is 4.02. The van der Waals surface area contributed by atoms with Crippen LogP contribution in [0.1, 0.15) is 23.2 Å². The number of halogens is 1. The van der Waals surface area contributed by atoms with Crippen LogP contribution in [0.25, 0.3) is 0 Å². The van der Waals surface area contributed by atoms with E-state index in [-0.39, 0.29) is 16.6 Å². The van der Waals surface area contributed by atoms with Gasteiger partial charge in [0.25, 0.3) is 15.9 Å². The number of nitrogens with one attached hydrogen (secondary N) is 1. The number of likely N-dealkylation sites (tertiary alicyclic amines) is 1. The van der Waals surface area contributed by atoms with Crippen LogP contribution in [0.4, 0.5) is 5.69 Å². The Morgan fingerprint density at radius 3 is 2.38 bits per heavy atom. The average molecular weight is 439 g/mol. The quantitative estimate of drug-likeness (QED) is 0.774. The highest BCUT2D eigenvalue weighted by Crippen LogP contribution is 2.28. The van der Waals surface area contributed by atoms with Crippen molar-refractivity contribution in [1.29, 1.82) is 0 Å². The smallest absolute Gasteiger partial charge is 0.265 e. The number of hydrogen-bond donors (Lipinski definition) is 1. The Morgan fingerprint density at radius 1 is 1.12 bits per heavy atom. The highest BCUT2D eigenvalue weighted by molar-refractivity contribution is 9.10. The first-order valence-corrected chi connectivity index (χ1v) is 10.4. The largest absolute Gasteiger partial charge is 0.495 e. The zero-order valence-corrected chi connectivity index (χ0v) is 16.6. The molecule has 0 aliphatic carbocycles. The van der Waals surface area contributed by atoms with Gasteiger partial charge in [-0.25, -0.2) is 8.42 Å². The molecular weight excluding hydrogens is 420 g/mol. The average Bonchev–Trinajstić information content (AvgIpc) is 3.17. The second-order valence-corrected chi connectivity index (χ2v) is 8.54. The van der Waals surface area contributed by atoms with E-state index < -0.39 is 10.0 Å². The summed E-state index contributed by atoms with van der Waals surface area (Å²) in [6.45, 7) is 1.40. The zero-order chi connectivity index (χ0) is 18.7. The monoisotopic (exact) mass is 438 g/mol. The molecule has 0 saturated carbocycles. The molecule has 0 aromatic heterocycles. The van der Waals surface area contributed by atoms with Crippen molar-refractivity contribution in [2.24, 2.45) is 0 Å². The lowest BCUT2D eigenvalue weighted by Crippen LogP contribution is -2.28. The van der Waals surface area contributed by atoms with E-state index in [1.807, 2.05) is 0 Å². The molecule has 1 heterocycles. The van der Waals surface area contributed by atoms with E-state index in [1.54, 1.807) is 35.2 Å². The molecular formula is C18H19BrN2O4S. The molecule has 0 atom stereocenters. The SMILES string of the molecule is COc1ccc(C(=O)N2CCCC2)cc1S(=O)(=O)Nc1ccc(Br)cc1. The Hall–Kier alpha value is -2.06. The lowest BCUT2D eigenvalue weighted by atomic mass is 10.2. The fourth-order valence-corrected chi connectivity index (χ4v) is 4.37. The predicted octanol–water partition coefficient (Wildman–Crippen LogP) is 3.49. The van der Waals surface area contributed by atoms with E-state index in [9.17, 15) is 13.2 Å². The summed E-state index contributed by atoms with van der Waals surface area (Å²) in [6, 6.07) is 11.3. The van der Waals surface area contributed by atoms with Gasteiger partial charge in [-0.2, -0.15) is 0 Å². The minimum absolute atomic E-state index is 0.0621. The summed E-state index contributed by atoms with van der Waals surface area (Å²) in [6.07, 6.45) is 1.94. The molecule has 0 radical (unpaired) electrons. The number of nitrogens with zero attached hydrogens (tertiary/aromatic N) is 1. The van der Waals surface area contributed by atoms with E-state index in [1.165, 1.54) is 19.2 Å². The number of benzene rings is 2. The molecule has 138 valence electrons. The van der Waals surface area contributed by atoms with Gasteiger partial charge >= 0.3 is 0 Å². The summed E-state index contributed by atoms with van der Waals surface area (Å²) in [5, 5.41) is 0. The Labute approximate surface area is 161 Å². The molecule has 0 unspecified atom stereocenters. The molecule has 1 fully saturated rings. The van der Waals surface area contributed by atoms with Gasteiger partial charge < -0.3 is 9.64 Å². The van der Waals surface area contributed by atoms with Crippen LogP contribution in [0.5, 0.6) is 5.75 Å². The first-order chi connectivity index (χ1) is 12.4. The Balaban J connectivity index is 1.94. The van der Waals surface area contributed by atoms with Crippen LogP contribution in [0.3, 0.4) is 0 Å². The number of ether oxygens (including phenoxy) is 1. The standard InChI is InChI=1S/C18H19BrN2O4S/c1-25-16-9-4-13(18(22)21-10-2-3-11-21)12-17(16)26(23,24)20-15-7-5-14(19)6-8-15/h4-9,12,20H,2-3,10-11H2,1H3. The fraction of sp³-hybridized carbons (Fsp3) is 0.278. The van der Waals surface area contributed by atoms with Crippen molar-refractivity contribution < 1.29 is 17.9 Å². The van der Waals surface area contributed by atoms with Gasteiger partial charge in [-0.15, -0.1) is 0 Å². The number of anilines is 1. The lowest BCUT2D eigenvalue weighted by molar-refractivity contribution is 0.0792. The van der Waals surface area contributed by atoms with Crippen LogP contribution >= 0.6 is 15.9 Å². The summed E-state index contributed by atoms with van der Waals surface area (Å²) >= 11 is 3.31. The van der Waals surface area contributed by atoms with Gasteiger partial charge in [-0.3, -0.25) is 9.52 Å². The number of sulfonamides is 1. The molecule has 1 aliphatic heterocycles. The van der Waals surface area contributed by atoms with E-state index in [2.05, 4.69) is 20.7 Å². The van der Waals surface area contributed by atoms with Crippen molar-refractivity contribution in [3.05, 3.63) is 52.5 Å². The predicted molar refractivity (Wildman–Crippen MR) is 103 cm³/mol. The number of carbonyl (C=O) groups is 1. The number of amides is 1. The number of hydrogen-bond acceptors (Lipinski definition) is 4. The van der Waals surface area contributed by atoms with Crippen LogP contribution in [0.2, 0.25) is 0 Å². The Morgan fingerprint density at radius 2 is 1.77 bits per heavy atom. The summed E-state index contributed by atoms with van der Waals surface area (Å²) < 4.78 is 34.2. The van der Waals surface area contributed by atoms with Crippen molar-refractivity contribution >= 4 is 37.5 Å². The zero-order valence-electron chi connectivity index (χ0n) is 14.2. The summed E-state index contributed by atoms with van der Waals surface area (Å²) in [4.78, 5) is 14.3. The fourth-order valence-electron chi connectivity index (χ4n) is 2.85. The third-order valence-corrected chi connectivity index (χ3v) is 6.12. The Bertz CT molecular complexity index is 907. The van der Waals surface area contributed by atoms with E-state index in [0.29, 0.717) is 24.3 Å². The molecule has 2 aromatic carbocycles. The second-order valence-electron chi connectivity index (χ2n) is 5.98. The highest BCUT2D eigenvalue weighted by Gasteiger charge is 2.25. The number of methoxy groups -OCH3 is 1. The van der Waals surface area contributed by atoms with E-state index in [0.717, 1.165) is 17.3 Å². The molecule has 6 nitrogen and oxygen atoms in total. The van der Waals surface area contributed by atoms with E-state index in [4.69, 9.17) is 4.74 Å². The number of carbonyl (C=O) groups excluding carboxylic acids is 1. The maximum Gasteiger partial charge on any atom is 0.265 e. The molecule has 1 N–H and O–H groups in total. The summed E-state index contributed by atoms with van der Waals surface area (Å²) in [7, 11) is -2.51. The molecule has 1 saturated heterocycles. The summed E-state index contributed by atoms with van der Waals surface area (Å²) in [5.74, 6) is 0.0258. The third-order valence-electron chi connectivity index (χ3n) is 4.19. The van der Waals surface area contributed by atoms with Crippen LogP contribution in [-0.2, 0) is 10.0 Å². The van der Waals surface area contributed by atoms with Crippen molar-refractivity contribution in [2.75, 3.05) is 24.9 Å². The van der Waals surface area contributed by atoms with Crippen molar-refractivity contribution in [1.82, 2.24) is 4.90 Å². The van der Waals surface area contributed by atoms with Crippen molar-refractivity contribution in [3.8, 4) is 5.75 Å². The van der Waals surface area contributed by atoms with Crippen molar-refractivity contribution in [2.45, 2.75) is 17.7 Å². The molecule has 0 bridgehead atoms. The van der Waals surface area contributed by atoms with Crippen LogP contribution in [0.15, 0.2) is 51.8 Å². The minimum Gasteiger partial charge on any atom is -0.495 e. The van der Waals surface area contributed by atoms with Crippen LogP contribution < -0.4 is 9.46 Å². The van der Waals surface area contributed by atoms with Crippen LogP contribution in [0, 0.1) is 0 Å².